The highest BCUT2D eigenvalue weighted by molar-refractivity contribution is 6.32. The lowest BCUT2D eigenvalue weighted by Crippen LogP contribution is -2.35. The zero-order chi connectivity index (χ0) is 14.9. The van der Waals surface area contributed by atoms with Crippen molar-refractivity contribution in [3.63, 3.8) is 0 Å². The molecule has 20 heavy (non-hydrogen) atoms. The van der Waals surface area contributed by atoms with Gasteiger partial charge in [-0.2, -0.15) is 0 Å². The maximum absolute atomic E-state index is 12.1. The van der Waals surface area contributed by atoms with Crippen LogP contribution in [0.5, 0.6) is 0 Å². The molecule has 1 aromatic rings. The summed E-state index contributed by atoms with van der Waals surface area (Å²) in [7, 11) is 0. The van der Waals surface area contributed by atoms with Crippen LogP contribution in [-0.2, 0) is 9.59 Å². The van der Waals surface area contributed by atoms with Crippen LogP contribution in [0.4, 0.5) is 11.4 Å². The molecule has 1 fully saturated rings. The van der Waals surface area contributed by atoms with E-state index in [1.807, 2.05) is 0 Å². The maximum atomic E-state index is 12.1. The molecular weight excluding hydrogens is 286 g/mol. The van der Waals surface area contributed by atoms with Gasteiger partial charge in [0, 0.05) is 24.7 Å². The molecule has 0 aromatic heterocycles. The minimum absolute atomic E-state index is 0.00285. The van der Waals surface area contributed by atoms with Gasteiger partial charge in [0.05, 0.1) is 10.3 Å². The fraction of sp³-hybridized carbons (Fsp3) is 0.333. The van der Waals surface area contributed by atoms with Crippen molar-refractivity contribution >= 4 is 34.8 Å². The van der Waals surface area contributed by atoms with Gasteiger partial charge >= 0.3 is 0 Å². The Labute approximate surface area is 119 Å². The van der Waals surface area contributed by atoms with Crippen molar-refractivity contribution in [1.82, 2.24) is 5.32 Å². The Morgan fingerprint density at radius 1 is 1.55 bits per heavy atom. The summed E-state index contributed by atoms with van der Waals surface area (Å²) in [6.45, 7) is 1.90. The van der Waals surface area contributed by atoms with Gasteiger partial charge in [0.15, 0.2) is 0 Å². The summed E-state index contributed by atoms with van der Waals surface area (Å²) >= 11 is 5.69. The zero-order valence-electron chi connectivity index (χ0n) is 10.6. The van der Waals surface area contributed by atoms with Crippen LogP contribution in [0.3, 0.4) is 0 Å². The molecule has 1 unspecified atom stereocenters. The van der Waals surface area contributed by atoms with E-state index >= 15 is 0 Å². The summed E-state index contributed by atoms with van der Waals surface area (Å²) < 4.78 is 0. The van der Waals surface area contributed by atoms with E-state index in [1.54, 1.807) is 6.92 Å². The topological polar surface area (TPSA) is 101 Å². The third-order valence-electron chi connectivity index (χ3n) is 3.18. The molecule has 1 heterocycles. The second-order valence-corrected chi connectivity index (χ2v) is 5.30. The summed E-state index contributed by atoms with van der Waals surface area (Å²) in [5, 5.41) is 15.9. The molecule has 0 radical (unpaired) electrons. The number of hydrogen-bond acceptors (Lipinski definition) is 4. The number of benzene rings is 1. The molecule has 7 nitrogen and oxygen atoms in total. The van der Waals surface area contributed by atoms with Crippen molar-refractivity contribution in [1.29, 1.82) is 0 Å². The molecule has 106 valence electrons. The highest BCUT2D eigenvalue weighted by Crippen LogP contribution is 2.30. The van der Waals surface area contributed by atoms with E-state index in [4.69, 9.17) is 11.6 Å². The minimum atomic E-state index is -0.856. The number of halogens is 1. The lowest BCUT2D eigenvalue weighted by Gasteiger charge is -2.20. The Morgan fingerprint density at radius 2 is 2.25 bits per heavy atom. The summed E-state index contributed by atoms with van der Waals surface area (Å²) in [6.07, 6.45) is 0.0918. The van der Waals surface area contributed by atoms with Crippen molar-refractivity contribution in [2.45, 2.75) is 13.3 Å². The Hall–Kier alpha value is -2.15. The Kier molecular flexibility index (Phi) is 3.63. The van der Waals surface area contributed by atoms with E-state index in [0.717, 1.165) is 0 Å². The molecule has 0 spiro atoms. The van der Waals surface area contributed by atoms with E-state index in [0.29, 0.717) is 0 Å². The van der Waals surface area contributed by atoms with Crippen molar-refractivity contribution < 1.29 is 14.5 Å². The fourth-order valence-corrected chi connectivity index (χ4v) is 2.13. The van der Waals surface area contributed by atoms with E-state index in [-0.39, 0.29) is 41.2 Å². The Balaban J connectivity index is 2.18. The largest absolute Gasteiger partial charge is 0.355 e. The predicted molar refractivity (Wildman–Crippen MR) is 72.5 cm³/mol. The molecule has 1 atom stereocenters. The average Bonchev–Trinajstić information content (AvgIpc) is 2.72. The second kappa shape index (κ2) is 5.09. The fourth-order valence-electron chi connectivity index (χ4n) is 1.95. The van der Waals surface area contributed by atoms with E-state index in [1.165, 1.54) is 18.2 Å². The van der Waals surface area contributed by atoms with Crippen LogP contribution in [0.25, 0.3) is 0 Å². The Morgan fingerprint density at radius 3 is 2.80 bits per heavy atom. The number of nitro benzene ring substituents is 1. The molecule has 2 N–H and O–H groups in total. The summed E-state index contributed by atoms with van der Waals surface area (Å²) in [5.74, 6) is -0.558. The van der Waals surface area contributed by atoms with Crippen molar-refractivity contribution in [2.75, 3.05) is 11.9 Å². The highest BCUT2D eigenvalue weighted by atomic mass is 35.5. The molecule has 2 rings (SSSR count). The second-order valence-electron chi connectivity index (χ2n) is 4.89. The van der Waals surface area contributed by atoms with Gasteiger partial charge in [-0.3, -0.25) is 19.7 Å². The van der Waals surface area contributed by atoms with Crippen LogP contribution < -0.4 is 10.6 Å². The van der Waals surface area contributed by atoms with Crippen molar-refractivity contribution in [3.8, 4) is 0 Å². The van der Waals surface area contributed by atoms with Crippen LogP contribution in [0, 0.1) is 15.5 Å². The minimum Gasteiger partial charge on any atom is -0.355 e. The van der Waals surface area contributed by atoms with Crippen molar-refractivity contribution in [2.24, 2.45) is 5.41 Å². The smallest absolute Gasteiger partial charge is 0.289 e. The number of anilines is 1. The monoisotopic (exact) mass is 297 g/mol. The highest BCUT2D eigenvalue weighted by Gasteiger charge is 2.40. The van der Waals surface area contributed by atoms with E-state index in [2.05, 4.69) is 10.6 Å². The lowest BCUT2D eigenvalue weighted by molar-refractivity contribution is -0.384. The van der Waals surface area contributed by atoms with Gasteiger partial charge < -0.3 is 10.6 Å². The number of carbonyl (C=O) groups is 2. The predicted octanol–water partition coefficient (Wildman–Crippen LogP) is 1.71. The van der Waals surface area contributed by atoms with Crippen molar-refractivity contribution in [3.05, 3.63) is 33.3 Å². The first-order valence-electron chi connectivity index (χ1n) is 5.84. The number of nitro groups is 1. The number of nitrogens with one attached hydrogen (secondary N) is 2. The normalized spacial score (nSPS) is 21.4. The number of carbonyl (C=O) groups excluding carboxylic acids is 2. The van der Waals surface area contributed by atoms with Crippen LogP contribution in [0.2, 0.25) is 5.02 Å². The van der Waals surface area contributed by atoms with E-state index < -0.39 is 10.3 Å². The van der Waals surface area contributed by atoms with Crippen LogP contribution >= 0.6 is 11.6 Å². The average molecular weight is 298 g/mol. The first-order chi connectivity index (χ1) is 9.32. The summed E-state index contributed by atoms with van der Waals surface area (Å²) in [5.41, 5.74) is -0.868. The molecule has 0 bridgehead atoms. The molecule has 1 aliphatic rings. The summed E-state index contributed by atoms with van der Waals surface area (Å²) in [4.78, 5) is 33.5. The number of nitrogens with zero attached hydrogens (tertiary/aromatic N) is 1. The van der Waals surface area contributed by atoms with Crippen LogP contribution in [0.15, 0.2) is 18.2 Å². The molecule has 8 heteroatoms. The third kappa shape index (κ3) is 2.72. The maximum Gasteiger partial charge on any atom is 0.289 e. The standard InChI is InChI=1S/C12H12ClN3O4/c1-12(5-10(17)14-6-12)11(18)15-7-2-3-8(13)9(4-7)16(19)20/h2-4H,5-6H2,1H3,(H,14,17)(H,15,18). The van der Waals surface area contributed by atoms with Crippen LogP contribution in [0.1, 0.15) is 13.3 Å². The quantitative estimate of drug-likeness (QED) is 0.655. The number of rotatable bonds is 3. The molecule has 2 amide bonds. The molecule has 1 aromatic carbocycles. The molecule has 0 saturated carbocycles. The van der Waals surface area contributed by atoms with Gasteiger partial charge in [-0.25, -0.2) is 0 Å². The first-order valence-corrected chi connectivity index (χ1v) is 6.22. The van der Waals surface area contributed by atoms with E-state index in [9.17, 15) is 19.7 Å². The molecule has 1 aliphatic heterocycles. The van der Waals surface area contributed by atoms with Gasteiger partial charge in [-0.05, 0) is 19.1 Å². The SMILES string of the molecule is CC1(C(=O)Nc2ccc(Cl)c([N+](=O)[O-])c2)CNC(=O)C1. The lowest BCUT2D eigenvalue weighted by atomic mass is 9.88. The van der Waals surface area contributed by atoms with Gasteiger partial charge in [-0.1, -0.05) is 11.6 Å². The van der Waals surface area contributed by atoms with Gasteiger partial charge in [-0.15, -0.1) is 0 Å². The van der Waals surface area contributed by atoms with Gasteiger partial charge in [0.1, 0.15) is 5.02 Å². The van der Waals surface area contributed by atoms with Crippen LogP contribution in [-0.4, -0.2) is 23.3 Å². The number of amides is 2. The molecule has 0 aliphatic carbocycles. The van der Waals surface area contributed by atoms with Gasteiger partial charge in [0.25, 0.3) is 5.69 Å². The molecular formula is C12H12ClN3O4. The van der Waals surface area contributed by atoms with Gasteiger partial charge in [0.2, 0.25) is 11.8 Å². The first kappa shape index (κ1) is 14.3. The Bertz CT molecular complexity index is 604. The summed E-state index contributed by atoms with van der Waals surface area (Å²) in [6, 6.07) is 4.00. The zero-order valence-corrected chi connectivity index (χ0v) is 11.4. The molecule has 1 saturated heterocycles. The third-order valence-corrected chi connectivity index (χ3v) is 3.49. The number of hydrogen-bond donors (Lipinski definition) is 2.